The quantitative estimate of drug-likeness (QED) is 0.843. The lowest BCUT2D eigenvalue weighted by Crippen LogP contribution is -2.38. The van der Waals surface area contributed by atoms with E-state index >= 15 is 0 Å². The van der Waals surface area contributed by atoms with Crippen molar-refractivity contribution in [2.45, 2.75) is 0 Å². The van der Waals surface area contributed by atoms with Crippen molar-refractivity contribution in [3.8, 4) is 5.75 Å². The molecule has 2 rings (SSSR count). The van der Waals surface area contributed by atoms with E-state index in [2.05, 4.69) is 15.9 Å². The second kappa shape index (κ2) is 7.59. The fraction of sp³-hybridized carbons (Fsp3) is 0.400. The van der Waals surface area contributed by atoms with Crippen LogP contribution in [0.5, 0.6) is 5.75 Å². The van der Waals surface area contributed by atoms with Gasteiger partial charge in [0.15, 0.2) is 0 Å². The molecule has 0 fully saturated rings. The first kappa shape index (κ1) is 16.0. The lowest BCUT2D eigenvalue weighted by molar-refractivity contribution is -0.128. The molecule has 0 unspecified atom stereocenters. The third kappa shape index (κ3) is 4.06. The summed E-state index contributed by atoms with van der Waals surface area (Å²) in [6, 6.07) is 5.68. The normalized spacial score (nSPS) is 13.2. The van der Waals surface area contributed by atoms with Crippen LogP contribution in [0.25, 0.3) is 6.08 Å². The number of hydrogen-bond acceptors (Lipinski definition) is 4. The third-order valence-corrected chi connectivity index (χ3v) is 3.68. The molecule has 0 bridgehead atoms. The maximum Gasteiger partial charge on any atom is 0.253 e. The molecule has 0 aliphatic carbocycles. The van der Waals surface area contributed by atoms with Gasteiger partial charge in [-0.3, -0.25) is 4.79 Å². The Bertz CT molecular complexity index is 544. The molecule has 0 aromatic heterocycles. The predicted octanol–water partition coefficient (Wildman–Crippen LogP) is 1.69. The highest BCUT2D eigenvalue weighted by Gasteiger charge is 2.22. The molecule has 0 radical (unpaired) electrons. The van der Waals surface area contributed by atoms with Crippen LogP contribution < -0.4 is 4.74 Å². The van der Waals surface area contributed by atoms with Crippen molar-refractivity contribution in [1.29, 1.82) is 0 Å². The number of aliphatic hydroxyl groups excluding tert-OH is 1. The zero-order valence-electron chi connectivity index (χ0n) is 11.8. The fourth-order valence-corrected chi connectivity index (χ4v) is 2.49. The van der Waals surface area contributed by atoms with Gasteiger partial charge in [-0.25, -0.2) is 0 Å². The zero-order chi connectivity index (χ0) is 15.2. The molecule has 1 N–H and O–H groups in total. The predicted molar refractivity (Wildman–Crippen MR) is 83.2 cm³/mol. The Labute approximate surface area is 132 Å². The van der Waals surface area contributed by atoms with E-state index in [9.17, 15) is 4.79 Å². The topological polar surface area (TPSA) is 59.0 Å². The Balaban J connectivity index is 2.18. The van der Waals surface area contributed by atoms with Crippen LogP contribution >= 0.6 is 15.9 Å². The smallest absolute Gasteiger partial charge is 0.253 e. The Kier molecular flexibility index (Phi) is 5.78. The molecule has 1 aromatic rings. The van der Waals surface area contributed by atoms with Crippen LogP contribution in [0.4, 0.5) is 0 Å². The molecule has 5 nitrogen and oxygen atoms in total. The molecule has 1 aliphatic heterocycles. The van der Waals surface area contributed by atoms with Crippen molar-refractivity contribution < 1.29 is 19.4 Å². The number of benzene rings is 1. The van der Waals surface area contributed by atoms with Crippen LogP contribution in [0.15, 0.2) is 28.2 Å². The first-order chi connectivity index (χ1) is 10.2. The largest absolute Gasteiger partial charge is 0.488 e. The minimum Gasteiger partial charge on any atom is -0.488 e. The van der Waals surface area contributed by atoms with E-state index in [0.29, 0.717) is 18.7 Å². The average molecular weight is 356 g/mol. The number of amides is 1. The Morgan fingerprint density at radius 1 is 1.48 bits per heavy atom. The molecular formula is C15H18BrNO4. The number of rotatable bonds is 6. The van der Waals surface area contributed by atoms with E-state index < -0.39 is 0 Å². The van der Waals surface area contributed by atoms with E-state index in [1.807, 2.05) is 24.3 Å². The standard InChI is InChI=1S/C15H18BrNO4/c1-20-7-5-17(4-6-18)15(19)12-8-11-9-13(16)2-3-14(11)21-10-12/h2-3,8-9,18H,4-7,10H2,1H3. The summed E-state index contributed by atoms with van der Waals surface area (Å²) in [6.07, 6.45) is 1.84. The second-order valence-corrected chi connectivity index (χ2v) is 5.56. The molecule has 1 amide bonds. The Hall–Kier alpha value is -1.37. The summed E-state index contributed by atoms with van der Waals surface area (Å²) in [7, 11) is 1.58. The summed E-state index contributed by atoms with van der Waals surface area (Å²) in [5, 5.41) is 9.09. The lowest BCUT2D eigenvalue weighted by atomic mass is 10.1. The van der Waals surface area contributed by atoms with Crippen molar-refractivity contribution in [2.24, 2.45) is 0 Å². The number of carbonyl (C=O) groups excluding carboxylic acids is 1. The van der Waals surface area contributed by atoms with E-state index in [1.165, 1.54) is 0 Å². The van der Waals surface area contributed by atoms with Gasteiger partial charge in [0.2, 0.25) is 0 Å². The monoisotopic (exact) mass is 355 g/mol. The van der Waals surface area contributed by atoms with Gasteiger partial charge in [-0.05, 0) is 24.3 Å². The number of methoxy groups -OCH3 is 1. The highest BCUT2D eigenvalue weighted by Crippen LogP contribution is 2.29. The molecule has 21 heavy (non-hydrogen) atoms. The molecule has 6 heteroatoms. The molecule has 0 spiro atoms. The number of fused-ring (bicyclic) bond motifs is 1. The van der Waals surface area contributed by atoms with E-state index in [4.69, 9.17) is 14.6 Å². The molecule has 0 saturated heterocycles. The van der Waals surface area contributed by atoms with Gasteiger partial charge in [0.1, 0.15) is 12.4 Å². The highest BCUT2D eigenvalue weighted by atomic mass is 79.9. The molecule has 1 aliphatic rings. The van der Waals surface area contributed by atoms with Crippen LogP contribution in [0, 0.1) is 0 Å². The van der Waals surface area contributed by atoms with Crippen molar-refractivity contribution in [1.82, 2.24) is 4.90 Å². The van der Waals surface area contributed by atoms with Gasteiger partial charge >= 0.3 is 0 Å². The highest BCUT2D eigenvalue weighted by molar-refractivity contribution is 9.10. The first-order valence-electron chi connectivity index (χ1n) is 6.67. The van der Waals surface area contributed by atoms with Crippen molar-refractivity contribution in [2.75, 3.05) is 40.0 Å². The Morgan fingerprint density at radius 2 is 2.29 bits per heavy atom. The fourth-order valence-electron chi connectivity index (χ4n) is 2.11. The summed E-state index contributed by atoms with van der Waals surface area (Å²) < 4.78 is 11.5. The summed E-state index contributed by atoms with van der Waals surface area (Å²) in [4.78, 5) is 14.1. The van der Waals surface area contributed by atoms with Crippen LogP contribution in [0.3, 0.4) is 0 Å². The molecule has 114 valence electrons. The lowest BCUT2D eigenvalue weighted by Gasteiger charge is -2.25. The van der Waals surface area contributed by atoms with Gasteiger partial charge < -0.3 is 19.5 Å². The van der Waals surface area contributed by atoms with E-state index in [-0.39, 0.29) is 25.7 Å². The second-order valence-electron chi connectivity index (χ2n) is 4.65. The summed E-state index contributed by atoms with van der Waals surface area (Å²) in [5.41, 5.74) is 1.44. The number of hydrogen-bond donors (Lipinski definition) is 1. The molecule has 1 heterocycles. The van der Waals surface area contributed by atoms with Gasteiger partial charge in [-0.2, -0.15) is 0 Å². The summed E-state index contributed by atoms with van der Waals surface area (Å²) in [5.74, 6) is 0.632. The van der Waals surface area contributed by atoms with E-state index in [0.717, 1.165) is 15.8 Å². The van der Waals surface area contributed by atoms with Crippen LogP contribution in [-0.2, 0) is 9.53 Å². The molecular weight excluding hydrogens is 338 g/mol. The number of nitrogens with zero attached hydrogens (tertiary/aromatic N) is 1. The van der Waals surface area contributed by atoms with Gasteiger partial charge in [0.25, 0.3) is 5.91 Å². The Morgan fingerprint density at radius 3 is 3.00 bits per heavy atom. The van der Waals surface area contributed by atoms with Crippen molar-refractivity contribution >= 4 is 27.9 Å². The van der Waals surface area contributed by atoms with Crippen molar-refractivity contribution in [3.05, 3.63) is 33.8 Å². The third-order valence-electron chi connectivity index (χ3n) is 3.18. The van der Waals surface area contributed by atoms with Crippen LogP contribution in [0.2, 0.25) is 0 Å². The minimum absolute atomic E-state index is 0.0777. The van der Waals surface area contributed by atoms with Crippen LogP contribution in [0.1, 0.15) is 5.56 Å². The number of aliphatic hydroxyl groups is 1. The maximum atomic E-state index is 12.5. The van der Waals surface area contributed by atoms with Gasteiger partial charge in [0.05, 0.1) is 18.8 Å². The SMILES string of the molecule is COCCN(CCO)C(=O)C1=Cc2cc(Br)ccc2OC1. The van der Waals surface area contributed by atoms with Gasteiger partial charge in [-0.15, -0.1) is 0 Å². The molecule has 0 saturated carbocycles. The minimum atomic E-state index is -0.133. The molecule has 0 atom stereocenters. The first-order valence-corrected chi connectivity index (χ1v) is 7.47. The maximum absolute atomic E-state index is 12.5. The van der Waals surface area contributed by atoms with Gasteiger partial charge in [-0.1, -0.05) is 15.9 Å². The zero-order valence-corrected chi connectivity index (χ0v) is 13.4. The number of ether oxygens (including phenoxy) is 2. The van der Waals surface area contributed by atoms with E-state index in [1.54, 1.807) is 12.0 Å². The number of halogens is 1. The average Bonchev–Trinajstić information content (AvgIpc) is 2.50. The van der Waals surface area contributed by atoms with Crippen molar-refractivity contribution in [3.63, 3.8) is 0 Å². The van der Waals surface area contributed by atoms with Gasteiger partial charge in [0, 0.05) is 30.2 Å². The molecule has 1 aromatic carbocycles. The number of carbonyl (C=O) groups is 1. The van der Waals surface area contributed by atoms with Crippen LogP contribution in [-0.4, -0.2) is 55.9 Å². The summed E-state index contributed by atoms with van der Waals surface area (Å²) >= 11 is 3.41. The summed E-state index contributed by atoms with van der Waals surface area (Å²) in [6.45, 7) is 1.32.